The lowest BCUT2D eigenvalue weighted by molar-refractivity contribution is 0.158. The summed E-state index contributed by atoms with van der Waals surface area (Å²) in [7, 11) is 6.02. The number of aryl methyl sites for hydroxylation is 1. The molecule has 2 heterocycles. The van der Waals surface area contributed by atoms with Crippen LogP contribution in [0.2, 0.25) is 0 Å². The van der Waals surface area contributed by atoms with Gasteiger partial charge in [0, 0.05) is 30.6 Å². The number of aromatic nitrogens is 1. The fourth-order valence-electron chi connectivity index (χ4n) is 4.45. The van der Waals surface area contributed by atoms with E-state index in [0.29, 0.717) is 23.1 Å². The third-order valence-electron chi connectivity index (χ3n) is 6.12. The molecule has 1 aromatic heterocycles. The molecule has 164 valence electrons. The van der Waals surface area contributed by atoms with E-state index in [1.807, 2.05) is 71.4 Å². The van der Waals surface area contributed by atoms with E-state index in [2.05, 4.69) is 27.7 Å². The first-order valence-corrected chi connectivity index (χ1v) is 10.9. The first kappa shape index (κ1) is 20.6. The summed E-state index contributed by atoms with van der Waals surface area (Å²) in [5.74, 6) is 1.31. The molecule has 0 radical (unpaired) electrons. The van der Waals surface area contributed by atoms with Gasteiger partial charge in [0.1, 0.15) is 23.7 Å². The summed E-state index contributed by atoms with van der Waals surface area (Å²) in [6.07, 6.45) is 4.10. The fourth-order valence-corrected chi connectivity index (χ4v) is 4.45. The molecule has 0 saturated heterocycles. The summed E-state index contributed by atoms with van der Waals surface area (Å²) < 4.78 is 14.6. The van der Waals surface area contributed by atoms with Crippen LogP contribution in [0.5, 0.6) is 11.5 Å². The molecule has 1 aliphatic heterocycles. The van der Waals surface area contributed by atoms with Gasteiger partial charge in [-0.1, -0.05) is 24.3 Å². The van der Waals surface area contributed by atoms with Gasteiger partial charge >= 0.3 is 0 Å². The summed E-state index contributed by atoms with van der Waals surface area (Å²) in [4.78, 5) is 15.9. The van der Waals surface area contributed by atoms with Crippen molar-refractivity contribution in [2.75, 3.05) is 27.2 Å². The molecule has 0 amide bonds. The van der Waals surface area contributed by atoms with Crippen molar-refractivity contribution in [3.05, 3.63) is 64.3 Å². The molecule has 3 aromatic carbocycles. The Morgan fingerprint density at radius 3 is 2.53 bits per heavy atom. The lowest BCUT2D eigenvalue weighted by Crippen LogP contribution is -2.28. The SMILES string of the molecule is CN(C)CCOc1cc2c(c3c1c(=O)c1cc4ccccc4cc1n3C)C=CC(C)(C)O2. The number of rotatable bonds is 4. The van der Waals surface area contributed by atoms with Crippen LogP contribution < -0.4 is 14.9 Å². The van der Waals surface area contributed by atoms with E-state index in [4.69, 9.17) is 9.47 Å². The van der Waals surface area contributed by atoms with Gasteiger partial charge in [0.15, 0.2) is 0 Å². The van der Waals surface area contributed by atoms with Gasteiger partial charge in [-0.25, -0.2) is 0 Å². The van der Waals surface area contributed by atoms with Crippen molar-refractivity contribution in [1.82, 2.24) is 9.47 Å². The minimum absolute atomic E-state index is 0.0141. The van der Waals surface area contributed by atoms with E-state index in [0.717, 1.165) is 39.7 Å². The predicted octanol–water partition coefficient (Wildman–Crippen LogP) is 4.97. The van der Waals surface area contributed by atoms with Crippen LogP contribution in [0.15, 0.2) is 53.3 Å². The molecular weight excluding hydrogens is 400 g/mol. The highest BCUT2D eigenvalue weighted by atomic mass is 16.5. The molecule has 0 atom stereocenters. The minimum atomic E-state index is -0.423. The highest BCUT2D eigenvalue weighted by Crippen LogP contribution is 2.41. The van der Waals surface area contributed by atoms with Gasteiger partial charge in [-0.2, -0.15) is 0 Å². The van der Waals surface area contributed by atoms with Crippen LogP contribution in [-0.2, 0) is 7.05 Å². The monoisotopic (exact) mass is 428 g/mol. The number of hydrogen-bond donors (Lipinski definition) is 0. The maximum Gasteiger partial charge on any atom is 0.201 e. The maximum absolute atomic E-state index is 13.8. The van der Waals surface area contributed by atoms with Crippen LogP contribution in [-0.4, -0.2) is 42.3 Å². The third-order valence-corrected chi connectivity index (χ3v) is 6.12. The Labute approximate surface area is 187 Å². The normalized spacial score (nSPS) is 14.8. The number of ether oxygens (including phenoxy) is 2. The lowest BCUT2D eigenvalue weighted by Gasteiger charge is -2.29. The van der Waals surface area contributed by atoms with Crippen LogP contribution >= 0.6 is 0 Å². The third kappa shape index (κ3) is 3.33. The van der Waals surface area contributed by atoms with Crippen LogP contribution in [0.3, 0.4) is 0 Å². The van der Waals surface area contributed by atoms with Gasteiger partial charge in [0.2, 0.25) is 5.43 Å². The first-order chi connectivity index (χ1) is 15.2. The van der Waals surface area contributed by atoms with Gasteiger partial charge in [0.25, 0.3) is 0 Å². The molecule has 5 rings (SSSR count). The van der Waals surface area contributed by atoms with Gasteiger partial charge in [-0.3, -0.25) is 4.79 Å². The largest absolute Gasteiger partial charge is 0.491 e. The summed E-state index contributed by atoms with van der Waals surface area (Å²) in [5, 5.41) is 3.45. The quantitative estimate of drug-likeness (QED) is 0.431. The maximum atomic E-state index is 13.8. The van der Waals surface area contributed by atoms with Crippen molar-refractivity contribution in [3.8, 4) is 11.5 Å². The summed E-state index contributed by atoms with van der Waals surface area (Å²) in [5.41, 5.74) is 2.20. The fraction of sp³-hybridized carbons (Fsp3) is 0.296. The molecule has 0 aliphatic carbocycles. The molecule has 4 aromatic rings. The Hall–Kier alpha value is -3.31. The molecule has 0 unspecified atom stereocenters. The van der Waals surface area contributed by atoms with Crippen molar-refractivity contribution < 1.29 is 9.47 Å². The van der Waals surface area contributed by atoms with E-state index in [1.165, 1.54) is 0 Å². The Balaban J connectivity index is 1.87. The van der Waals surface area contributed by atoms with Crippen LogP contribution in [0, 0.1) is 0 Å². The van der Waals surface area contributed by atoms with Crippen molar-refractivity contribution in [2.24, 2.45) is 7.05 Å². The number of nitrogens with zero attached hydrogens (tertiary/aromatic N) is 2. The van der Waals surface area contributed by atoms with Crippen molar-refractivity contribution in [2.45, 2.75) is 19.4 Å². The number of benzene rings is 3. The molecule has 0 spiro atoms. The Kier molecular flexibility index (Phi) is 4.75. The summed E-state index contributed by atoms with van der Waals surface area (Å²) in [6.45, 7) is 5.28. The second-order valence-corrected chi connectivity index (χ2v) is 9.31. The zero-order valence-corrected chi connectivity index (χ0v) is 19.2. The van der Waals surface area contributed by atoms with Crippen molar-refractivity contribution in [1.29, 1.82) is 0 Å². The topological polar surface area (TPSA) is 43.7 Å². The number of fused-ring (bicyclic) bond motifs is 5. The molecule has 5 nitrogen and oxygen atoms in total. The van der Waals surface area contributed by atoms with Gasteiger partial charge < -0.3 is 18.9 Å². The van der Waals surface area contributed by atoms with E-state index in [-0.39, 0.29) is 5.43 Å². The highest BCUT2D eigenvalue weighted by Gasteiger charge is 2.27. The number of likely N-dealkylation sites (N-methyl/N-ethyl adjacent to an activating group) is 1. The van der Waals surface area contributed by atoms with Crippen LogP contribution in [0.4, 0.5) is 0 Å². The zero-order chi connectivity index (χ0) is 22.6. The summed E-state index contributed by atoms with van der Waals surface area (Å²) >= 11 is 0. The Bertz CT molecular complexity index is 1460. The van der Waals surface area contributed by atoms with Gasteiger partial charge in [0.05, 0.1) is 16.4 Å². The molecule has 0 saturated carbocycles. The van der Waals surface area contributed by atoms with Crippen molar-refractivity contribution >= 4 is 38.7 Å². The molecule has 32 heavy (non-hydrogen) atoms. The van der Waals surface area contributed by atoms with E-state index in [1.54, 1.807) is 0 Å². The standard InChI is InChI=1S/C27H28N2O3/c1-27(2)11-10-19-22(32-27)16-23(31-13-12-28(3)4)24-25(19)29(5)21-15-18-9-7-6-8-17(18)14-20(21)26(24)30/h6-11,14-16H,12-13H2,1-5H3. The van der Waals surface area contributed by atoms with E-state index >= 15 is 0 Å². The second kappa shape index (κ2) is 7.38. The van der Waals surface area contributed by atoms with Gasteiger partial charge in [-0.05, 0) is 63.0 Å². The van der Waals surface area contributed by atoms with Crippen LogP contribution in [0.1, 0.15) is 19.4 Å². The molecule has 0 fully saturated rings. The minimum Gasteiger partial charge on any atom is -0.491 e. The van der Waals surface area contributed by atoms with E-state index < -0.39 is 5.60 Å². The number of pyridine rings is 1. The molecule has 0 bridgehead atoms. The van der Waals surface area contributed by atoms with Crippen molar-refractivity contribution in [3.63, 3.8) is 0 Å². The summed E-state index contributed by atoms with van der Waals surface area (Å²) in [6, 6.07) is 14.1. The number of hydrogen-bond acceptors (Lipinski definition) is 4. The smallest absolute Gasteiger partial charge is 0.201 e. The Morgan fingerprint density at radius 1 is 1.09 bits per heavy atom. The average molecular weight is 429 g/mol. The zero-order valence-electron chi connectivity index (χ0n) is 19.2. The van der Waals surface area contributed by atoms with Crippen LogP contribution in [0.25, 0.3) is 38.7 Å². The average Bonchev–Trinajstić information content (AvgIpc) is 2.74. The molecule has 1 aliphatic rings. The predicted molar refractivity (Wildman–Crippen MR) is 132 cm³/mol. The lowest BCUT2D eigenvalue weighted by atomic mass is 9.97. The first-order valence-electron chi connectivity index (χ1n) is 10.9. The molecular formula is C27H28N2O3. The van der Waals surface area contributed by atoms with E-state index in [9.17, 15) is 4.79 Å². The molecule has 0 N–H and O–H groups in total. The highest BCUT2D eigenvalue weighted by molar-refractivity contribution is 6.05. The molecule has 5 heteroatoms. The second-order valence-electron chi connectivity index (χ2n) is 9.31. The Morgan fingerprint density at radius 2 is 1.81 bits per heavy atom. The van der Waals surface area contributed by atoms with Gasteiger partial charge in [-0.15, -0.1) is 0 Å².